The molecule has 1 aliphatic rings. The molecule has 0 spiro atoms. The first-order valence-electron chi connectivity index (χ1n) is 4.08. The van der Waals surface area contributed by atoms with E-state index in [-0.39, 0.29) is 6.54 Å². The first kappa shape index (κ1) is 10.8. The van der Waals surface area contributed by atoms with Gasteiger partial charge in [0.15, 0.2) is 0 Å². The lowest BCUT2D eigenvalue weighted by Gasteiger charge is -2.31. The molecule has 1 aliphatic heterocycles. The summed E-state index contributed by atoms with van der Waals surface area (Å²) in [6, 6.07) is -1.20. The van der Waals surface area contributed by atoms with E-state index in [0.717, 1.165) is 9.80 Å². The van der Waals surface area contributed by atoms with Crippen molar-refractivity contribution in [2.45, 2.75) is 6.42 Å². The Hall–Kier alpha value is -1.30. The lowest BCUT2D eigenvalue weighted by molar-refractivity contribution is 0.146. The number of hydrogen-bond donors (Lipinski definition) is 1. The van der Waals surface area contributed by atoms with Crippen LogP contribution in [0.5, 0.6) is 0 Å². The van der Waals surface area contributed by atoms with E-state index in [1.165, 1.54) is 7.05 Å². The van der Waals surface area contributed by atoms with Crippen LogP contribution in [0, 0.1) is 0 Å². The maximum atomic E-state index is 11.5. The average Bonchev–Trinajstić information content (AvgIpc) is 2.16. The van der Waals surface area contributed by atoms with Crippen LogP contribution in [0.2, 0.25) is 0 Å². The molecule has 1 heterocycles. The summed E-state index contributed by atoms with van der Waals surface area (Å²) in [5, 5.41) is 1.45. The third-order valence-corrected chi connectivity index (χ3v) is 2.10. The van der Waals surface area contributed by atoms with Gasteiger partial charge in [0.1, 0.15) is 0 Å². The fraction of sp³-hybridized carbons (Fsp3) is 0.571. The molecular weight excluding hydrogens is 210 g/mol. The van der Waals surface area contributed by atoms with Crippen LogP contribution in [0.4, 0.5) is 14.4 Å². The van der Waals surface area contributed by atoms with Crippen molar-refractivity contribution in [1.29, 1.82) is 0 Å². The average molecular weight is 220 g/mol. The van der Waals surface area contributed by atoms with Gasteiger partial charge in [0.2, 0.25) is 0 Å². The topological polar surface area (TPSA) is 69.7 Å². The minimum atomic E-state index is -0.858. The maximum Gasteiger partial charge on any atom is 0.335 e. The van der Waals surface area contributed by atoms with E-state index in [1.54, 1.807) is 0 Å². The van der Waals surface area contributed by atoms with Crippen LogP contribution < -0.4 is 5.32 Å². The fourth-order valence-corrected chi connectivity index (χ4v) is 1.37. The van der Waals surface area contributed by atoms with Gasteiger partial charge in [-0.15, -0.1) is 0 Å². The minimum Gasteiger partial charge on any atom is -0.341 e. The van der Waals surface area contributed by atoms with Gasteiger partial charge in [-0.1, -0.05) is 0 Å². The standard InChI is InChI=1S/C7H10ClN3O3/c1-9-6(13)11-4-2-3-10(5(8)12)7(11)14/h2-4H2,1H3,(H,9,13). The van der Waals surface area contributed by atoms with Crippen LogP contribution in [-0.2, 0) is 0 Å². The second-order valence-electron chi connectivity index (χ2n) is 2.75. The predicted molar refractivity (Wildman–Crippen MR) is 49.1 cm³/mol. The number of urea groups is 2. The van der Waals surface area contributed by atoms with E-state index in [9.17, 15) is 14.4 Å². The molecule has 7 heteroatoms. The Balaban J connectivity index is 2.76. The van der Waals surface area contributed by atoms with Crippen molar-refractivity contribution in [2.75, 3.05) is 20.1 Å². The van der Waals surface area contributed by atoms with Crippen molar-refractivity contribution in [3.8, 4) is 0 Å². The minimum absolute atomic E-state index is 0.259. The highest BCUT2D eigenvalue weighted by Crippen LogP contribution is 2.11. The van der Waals surface area contributed by atoms with Crippen molar-refractivity contribution < 1.29 is 14.4 Å². The fourth-order valence-electron chi connectivity index (χ4n) is 1.21. The Labute approximate surface area is 85.8 Å². The van der Waals surface area contributed by atoms with Gasteiger partial charge < -0.3 is 5.32 Å². The number of imide groups is 2. The van der Waals surface area contributed by atoms with Crippen LogP contribution in [0.15, 0.2) is 0 Å². The zero-order chi connectivity index (χ0) is 10.7. The van der Waals surface area contributed by atoms with Gasteiger partial charge in [0, 0.05) is 20.1 Å². The second-order valence-corrected chi connectivity index (χ2v) is 3.07. The lowest BCUT2D eigenvalue weighted by atomic mass is 10.3. The highest BCUT2D eigenvalue weighted by molar-refractivity contribution is 6.64. The Morgan fingerprint density at radius 2 is 1.93 bits per heavy atom. The summed E-state index contributed by atoms with van der Waals surface area (Å²) >= 11 is 5.17. The quantitative estimate of drug-likeness (QED) is 0.484. The van der Waals surface area contributed by atoms with Gasteiger partial charge in [-0.05, 0) is 18.0 Å². The van der Waals surface area contributed by atoms with E-state index in [2.05, 4.69) is 5.32 Å². The Bertz CT molecular complexity index is 281. The van der Waals surface area contributed by atoms with Gasteiger partial charge in [-0.25, -0.2) is 19.4 Å². The number of rotatable bonds is 0. The van der Waals surface area contributed by atoms with Crippen molar-refractivity contribution >= 4 is 29.0 Å². The molecule has 0 aliphatic carbocycles. The first-order chi connectivity index (χ1) is 6.57. The third kappa shape index (κ3) is 1.95. The summed E-state index contributed by atoms with van der Waals surface area (Å²) in [5.74, 6) is 0. The largest absolute Gasteiger partial charge is 0.341 e. The van der Waals surface area contributed by atoms with Crippen LogP contribution >= 0.6 is 11.6 Å². The summed E-state index contributed by atoms with van der Waals surface area (Å²) in [6.45, 7) is 0.563. The van der Waals surface area contributed by atoms with E-state index in [0.29, 0.717) is 13.0 Å². The summed E-state index contributed by atoms with van der Waals surface area (Å²) in [4.78, 5) is 35.2. The van der Waals surface area contributed by atoms with Crippen molar-refractivity contribution in [3.05, 3.63) is 0 Å². The molecule has 78 valence electrons. The number of halogens is 1. The van der Waals surface area contributed by atoms with Crippen LogP contribution in [-0.4, -0.2) is 47.4 Å². The highest BCUT2D eigenvalue weighted by atomic mass is 35.5. The SMILES string of the molecule is CNC(=O)N1CCCN(C(=O)Cl)C1=O. The Morgan fingerprint density at radius 3 is 2.43 bits per heavy atom. The molecule has 1 fully saturated rings. The molecule has 0 aromatic carbocycles. The molecule has 0 unspecified atom stereocenters. The van der Waals surface area contributed by atoms with Crippen molar-refractivity contribution in [2.24, 2.45) is 0 Å². The van der Waals surface area contributed by atoms with Gasteiger partial charge in [-0.2, -0.15) is 0 Å². The summed E-state index contributed by atoms with van der Waals surface area (Å²) < 4.78 is 0. The number of amides is 5. The van der Waals surface area contributed by atoms with E-state index >= 15 is 0 Å². The normalized spacial score (nSPS) is 16.9. The molecule has 5 amide bonds. The summed E-state index contributed by atoms with van der Waals surface area (Å²) in [6.07, 6.45) is 0.539. The number of carbonyl (C=O) groups excluding carboxylic acids is 3. The Morgan fingerprint density at radius 1 is 1.36 bits per heavy atom. The molecular formula is C7H10ClN3O3. The zero-order valence-corrected chi connectivity index (χ0v) is 8.37. The molecule has 0 atom stereocenters. The molecule has 0 radical (unpaired) electrons. The monoisotopic (exact) mass is 219 g/mol. The molecule has 1 rings (SSSR count). The van der Waals surface area contributed by atoms with Gasteiger partial charge in [0.25, 0.3) is 0 Å². The van der Waals surface area contributed by atoms with E-state index in [4.69, 9.17) is 11.6 Å². The molecule has 0 saturated carbocycles. The van der Waals surface area contributed by atoms with E-state index < -0.39 is 17.4 Å². The van der Waals surface area contributed by atoms with Gasteiger partial charge in [-0.3, -0.25) is 4.79 Å². The molecule has 1 N–H and O–H groups in total. The van der Waals surface area contributed by atoms with Gasteiger partial charge in [0.05, 0.1) is 0 Å². The smallest absolute Gasteiger partial charge is 0.335 e. The Kier molecular flexibility index (Phi) is 3.29. The third-order valence-electron chi connectivity index (χ3n) is 1.90. The number of carbonyl (C=O) groups is 3. The number of hydrogen-bond acceptors (Lipinski definition) is 3. The van der Waals surface area contributed by atoms with E-state index in [1.807, 2.05) is 0 Å². The van der Waals surface area contributed by atoms with Gasteiger partial charge >= 0.3 is 17.4 Å². The number of nitrogens with one attached hydrogen (secondary N) is 1. The van der Waals surface area contributed by atoms with Crippen molar-refractivity contribution in [1.82, 2.24) is 15.1 Å². The predicted octanol–water partition coefficient (Wildman–Crippen LogP) is 0.812. The molecule has 6 nitrogen and oxygen atoms in total. The van der Waals surface area contributed by atoms with Crippen LogP contribution in [0.3, 0.4) is 0 Å². The molecule has 0 aromatic heterocycles. The molecule has 1 saturated heterocycles. The lowest BCUT2D eigenvalue weighted by Crippen LogP contribution is -2.54. The van der Waals surface area contributed by atoms with Crippen molar-refractivity contribution in [3.63, 3.8) is 0 Å². The summed E-state index contributed by atoms with van der Waals surface area (Å²) in [5.41, 5.74) is 0. The first-order valence-corrected chi connectivity index (χ1v) is 4.46. The summed E-state index contributed by atoms with van der Waals surface area (Å²) in [7, 11) is 1.41. The highest BCUT2D eigenvalue weighted by Gasteiger charge is 2.32. The second kappa shape index (κ2) is 4.28. The molecule has 14 heavy (non-hydrogen) atoms. The number of nitrogens with zero attached hydrogens (tertiary/aromatic N) is 2. The zero-order valence-electron chi connectivity index (χ0n) is 7.62. The molecule has 0 bridgehead atoms. The molecule has 0 aromatic rings. The van der Waals surface area contributed by atoms with Crippen LogP contribution in [0.1, 0.15) is 6.42 Å². The van der Waals surface area contributed by atoms with Crippen LogP contribution in [0.25, 0.3) is 0 Å². The maximum absolute atomic E-state index is 11.5.